The van der Waals surface area contributed by atoms with Crippen LogP contribution in [0.15, 0.2) is 41.0 Å². The molecule has 18 heavy (non-hydrogen) atoms. The molecule has 0 unspecified atom stereocenters. The highest BCUT2D eigenvalue weighted by molar-refractivity contribution is 7.97. The summed E-state index contributed by atoms with van der Waals surface area (Å²) in [6.07, 6.45) is 1.42. The Hall–Kier alpha value is -1.68. The Balaban J connectivity index is 1.92. The molecule has 1 heterocycles. The molecule has 0 fully saturated rings. The molecule has 0 atom stereocenters. The van der Waals surface area contributed by atoms with Crippen LogP contribution in [-0.4, -0.2) is 11.1 Å². The average Bonchev–Trinajstić information content (AvgIpc) is 2.77. The third kappa shape index (κ3) is 3.17. The van der Waals surface area contributed by atoms with Crippen LogP contribution in [-0.2, 0) is 11.5 Å². The minimum absolute atomic E-state index is 0.256. The van der Waals surface area contributed by atoms with Crippen molar-refractivity contribution in [1.29, 1.82) is 0 Å². The fraction of sp³-hybridized carbons (Fsp3) is 0.214. The summed E-state index contributed by atoms with van der Waals surface area (Å²) in [5.74, 6) is 1.01. The smallest absolute Gasteiger partial charge is 0.339 e. The quantitative estimate of drug-likeness (QED) is 0.892. The average molecular weight is 262 g/mol. The molecule has 1 N–H and O–H groups in total. The van der Waals surface area contributed by atoms with Gasteiger partial charge in [-0.1, -0.05) is 29.8 Å². The van der Waals surface area contributed by atoms with Crippen LogP contribution in [0.3, 0.4) is 0 Å². The van der Waals surface area contributed by atoms with Gasteiger partial charge in [0, 0.05) is 5.75 Å². The van der Waals surface area contributed by atoms with Gasteiger partial charge in [0.2, 0.25) is 0 Å². The first kappa shape index (κ1) is 12.8. The van der Waals surface area contributed by atoms with Gasteiger partial charge in [0.05, 0.1) is 12.0 Å². The molecule has 3 nitrogen and oxygen atoms in total. The number of furan rings is 1. The first-order valence-electron chi connectivity index (χ1n) is 5.60. The maximum absolute atomic E-state index is 10.9. The van der Waals surface area contributed by atoms with E-state index >= 15 is 0 Å². The van der Waals surface area contributed by atoms with E-state index in [1.165, 1.54) is 23.5 Å². The molecule has 1 aromatic heterocycles. The molecule has 0 aliphatic carbocycles. The number of aromatic carboxylic acids is 1. The van der Waals surface area contributed by atoms with Crippen LogP contribution in [0.5, 0.6) is 0 Å². The van der Waals surface area contributed by atoms with E-state index in [0.29, 0.717) is 11.5 Å². The van der Waals surface area contributed by atoms with Crippen molar-refractivity contribution in [3.05, 3.63) is 59.0 Å². The number of carboxylic acid groups (broad SMARTS) is 1. The molecule has 0 spiro atoms. The second-order valence-electron chi connectivity index (χ2n) is 4.04. The third-order valence-electron chi connectivity index (χ3n) is 2.56. The third-order valence-corrected chi connectivity index (χ3v) is 3.56. The first-order chi connectivity index (χ1) is 8.66. The maximum atomic E-state index is 10.9. The van der Waals surface area contributed by atoms with Crippen molar-refractivity contribution in [2.75, 3.05) is 0 Å². The lowest BCUT2D eigenvalue weighted by Gasteiger charge is -2.02. The van der Waals surface area contributed by atoms with Crippen molar-refractivity contribution in [1.82, 2.24) is 0 Å². The van der Waals surface area contributed by atoms with Gasteiger partial charge < -0.3 is 9.52 Å². The van der Waals surface area contributed by atoms with Gasteiger partial charge in [0.15, 0.2) is 0 Å². The number of carbonyl (C=O) groups is 1. The number of benzene rings is 1. The van der Waals surface area contributed by atoms with E-state index in [9.17, 15) is 4.79 Å². The van der Waals surface area contributed by atoms with Crippen LogP contribution in [0.25, 0.3) is 0 Å². The van der Waals surface area contributed by atoms with Gasteiger partial charge in [-0.15, -0.1) is 11.8 Å². The van der Waals surface area contributed by atoms with E-state index in [1.807, 2.05) is 6.07 Å². The molecule has 2 aromatic rings. The van der Waals surface area contributed by atoms with Crippen molar-refractivity contribution in [2.24, 2.45) is 0 Å². The predicted octanol–water partition coefficient (Wildman–Crippen LogP) is 3.72. The summed E-state index contributed by atoms with van der Waals surface area (Å²) in [7, 11) is 0. The Labute approximate surface area is 110 Å². The van der Waals surface area contributed by atoms with E-state index < -0.39 is 5.97 Å². The first-order valence-corrected chi connectivity index (χ1v) is 6.75. The predicted molar refractivity (Wildman–Crippen MR) is 71.8 cm³/mol. The van der Waals surface area contributed by atoms with Gasteiger partial charge in [-0.3, -0.25) is 0 Å². The van der Waals surface area contributed by atoms with E-state index in [0.717, 1.165) is 5.75 Å². The Bertz CT molecular complexity index is 545. The minimum atomic E-state index is -0.935. The van der Waals surface area contributed by atoms with E-state index in [2.05, 4.69) is 25.1 Å². The van der Waals surface area contributed by atoms with Crippen LogP contribution < -0.4 is 0 Å². The number of hydrogen-bond donors (Lipinski definition) is 1. The summed E-state index contributed by atoms with van der Waals surface area (Å²) in [5.41, 5.74) is 2.73. The SMILES string of the molecule is Cc1cccc(CSCc2occc2C(=O)O)c1. The van der Waals surface area contributed by atoms with Crippen molar-refractivity contribution in [2.45, 2.75) is 18.4 Å². The summed E-state index contributed by atoms with van der Waals surface area (Å²) < 4.78 is 5.19. The topological polar surface area (TPSA) is 50.4 Å². The molecule has 1 aromatic carbocycles. The molecule has 4 heteroatoms. The Morgan fingerprint density at radius 1 is 1.33 bits per heavy atom. The Morgan fingerprint density at radius 2 is 2.17 bits per heavy atom. The van der Waals surface area contributed by atoms with Crippen LogP contribution >= 0.6 is 11.8 Å². The number of thioether (sulfide) groups is 1. The monoisotopic (exact) mass is 262 g/mol. The summed E-state index contributed by atoms with van der Waals surface area (Å²) in [6.45, 7) is 2.06. The highest BCUT2D eigenvalue weighted by Crippen LogP contribution is 2.21. The van der Waals surface area contributed by atoms with E-state index in [-0.39, 0.29) is 5.56 Å². The Morgan fingerprint density at radius 3 is 2.89 bits per heavy atom. The molecule has 0 radical (unpaired) electrons. The molecular formula is C14H14O3S. The standard InChI is InChI=1S/C14H14O3S/c1-10-3-2-4-11(7-10)8-18-9-13-12(14(15)16)5-6-17-13/h2-7H,8-9H2,1H3,(H,15,16). The van der Waals surface area contributed by atoms with Gasteiger partial charge in [0.25, 0.3) is 0 Å². The van der Waals surface area contributed by atoms with Crippen molar-refractivity contribution < 1.29 is 14.3 Å². The van der Waals surface area contributed by atoms with Crippen LogP contribution in [0.2, 0.25) is 0 Å². The molecule has 0 aliphatic rings. The van der Waals surface area contributed by atoms with Gasteiger partial charge in [-0.2, -0.15) is 0 Å². The van der Waals surface area contributed by atoms with Crippen molar-refractivity contribution in [3.63, 3.8) is 0 Å². The van der Waals surface area contributed by atoms with Crippen molar-refractivity contribution >= 4 is 17.7 Å². The molecule has 94 valence electrons. The molecule has 0 amide bonds. The fourth-order valence-corrected chi connectivity index (χ4v) is 2.63. The van der Waals surface area contributed by atoms with Gasteiger partial charge in [-0.25, -0.2) is 4.79 Å². The number of hydrogen-bond acceptors (Lipinski definition) is 3. The molecule has 2 rings (SSSR count). The summed E-state index contributed by atoms with van der Waals surface area (Å²) in [5, 5.41) is 8.94. The zero-order valence-corrected chi connectivity index (χ0v) is 10.9. The molecular weight excluding hydrogens is 248 g/mol. The van der Waals surface area contributed by atoms with E-state index in [1.54, 1.807) is 11.8 Å². The Kier molecular flexibility index (Phi) is 4.10. The van der Waals surface area contributed by atoms with Crippen LogP contribution in [0, 0.1) is 6.92 Å². The highest BCUT2D eigenvalue weighted by Gasteiger charge is 2.12. The summed E-state index contributed by atoms with van der Waals surface area (Å²) >= 11 is 1.65. The van der Waals surface area contributed by atoms with Gasteiger partial charge in [0.1, 0.15) is 11.3 Å². The van der Waals surface area contributed by atoms with Crippen LogP contribution in [0.4, 0.5) is 0 Å². The number of rotatable bonds is 5. The normalized spacial score (nSPS) is 10.5. The largest absolute Gasteiger partial charge is 0.478 e. The molecule has 0 bridgehead atoms. The molecule has 0 saturated heterocycles. The fourth-order valence-electron chi connectivity index (χ4n) is 1.71. The second-order valence-corrected chi connectivity index (χ2v) is 5.03. The second kappa shape index (κ2) is 5.78. The maximum Gasteiger partial charge on any atom is 0.339 e. The number of carboxylic acids is 1. The molecule has 0 aliphatic heterocycles. The zero-order chi connectivity index (χ0) is 13.0. The number of aryl methyl sites for hydroxylation is 1. The van der Waals surface area contributed by atoms with Crippen molar-refractivity contribution in [3.8, 4) is 0 Å². The summed E-state index contributed by atoms with van der Waals surface area (Å²) in [4.78, 5) is 10.9. The van der Waals surface area contributed by atoms with Crippen LogP contribution in [0.1, 0.15) is 27.2 Å². The lowest BCUT2D eigenvalue weighted by Crippen LogP contribution is -1.97. The zero-order valence-electron chi connectivity index (χ0n) is 10.1. The lowest BCUT2D eigenvalue weighted by atomic mass is 10.2. The lowest BCUT2D eigenvalue weighted by molar-refractivity contribution is 0.0695. The highest BCUT2D eigenvalue weighted by atomic mass is 32.2. The van der Waals surface area contributed by atoms with Gasteiger partial charge >= 0.3 is 5.97 Å². The molecule has 0 saturated carbocycles. The minimum Gasteiger partial charge on any atom is -0.478 e. The summed E-state index contributed by atoms with van der Waals surface area (Å²) in [6, 6.07) is 9.78. The van der Waals surface area contributed by atoms with Gasteiger partial charge in [-0.05, 0) is 18.6 Å². The van der Waals surface area contributed by atoms with E-state index in [4.69, 9.17) is 9.52 Å².